The van der Waals surface area contributed by atoms with E-state index in [4.69, 9.17) is 9.84 Å². The highest BCUT2D eigenvalue weighted by Crippen LogP contribution is 2.23. The number of carboxylic acids is 1. The highest BCUT2D eigenvalue weighted by molar-refractivity contribution is 7.89. The van der Waals surface area contributed by atoms with Crippen LogP contribution in [0.25, 0.3) is 0 Å². The van der Waals surface area contributed by atoms with E-state index in [-0.39, 0.29) is 11.3 Å². The smallest absolute Gasteiger partial charge is 0.324 e. The fourth-order valence-electron chi connectivity index (χ4n) is 1.73. The van der Waals surface area contributed by atoms with Crippen LogP contribution in [-0.2, 0) is 14.8 Å². The number of carboxylic acid groups (broad SMARTS) is 1. The summed E-state index contributed by atoms with van der Waals surface area (Å²) in [6.45, 7) is 7.01. The van der Waals surface area contributed by atoms with Gasteiger partial charge in [0.05, 0.1) is 11.5 Å². The number of nitrogens with one attached hydrogen (secondary N) is 1. The summed E-state index contributed by atoms with van der Waals surface area (Å²) in [5.74, 6) is -0.607. The Morgan fingerprint density at radius 2 is 2.00 bits per heavy atom. The van der Waals surface area contributed by atoms with Crippen molar-refractivity contribution in [2.45, 2.75) is 44.6 Å². The molecule has 1 aromatic rings. The summed E-state index contributed by atoms with van der Waals surface area (Å²) in [5, 5.41) is 9.16. The average molecular weight is 315 g/mol. The first kappa shape index (κ1) is 17.5. The summed E-state index contributed by atoms with van der Waals surface area (Å²) < 4.78 is 32.2. The van der Waals surface area contributed by atoms with Crippen LogP contribution in [0.5, 0.6) is 5.75 Å². The Labute approximate surface area is 125 Å². The van der Waals surface area contributed by atoms with E-state index in [1.807, 2.05) is 6.92 Å². The number of ether oxygens (including phenoxy) is 1. The van der Waals surface area contributed by atoms with E-state index >= 15 is 0 Å². The van der Waals surface area contributed by atoms with Gasteiger partial charge in [0.25, 0.3) is 0 Å². The lowest BCUT2D eigenvalue weighted by atomic mass is 10.0. The third-order valence-corrected chi connectivity index (χ3v) is 4.89. The highest BCUT2D eigenvalue weighted by atomic mass is 32.2. The SMILES string of the molecule is CCOc1ccc(S(=O)(=O)NC(C)(CC)C(=O)O)cc1C. The molecule has 0 spiro atoms. The molecule has 0 aromatic heterocycles. The Bertz CT molecular complexity index is 626. The standard InChI is InChI=1S/C14H21NO5S/c1-5-14(4,13(16)17)15-21(18,19)11-7-8-12(20-6-2)10(3)9-11/h7-9,15H,5-6H2,1-4H3,(H,16,17). The van der Waals surface area contributed by atoms with Crippen molar-refractivity contribution in [1.82, 2.24) is 4.72 Å². The number of benzene rings is 1. The minimum atomic E-state index is -3.92. The molecule has 7 heteroatoms. The molecule has 2 N–H and O–H groups in total. The monoisotopic (exact) mass is 315 g/mol. The minimum absolute atomic E-state index is 0.0179. The molecule has 0 aliphatic carbocycles. The molecule has 1 rings (SSSR count). The molecule has 0 heterocycles. The van der Waals surface area contributed by atoms with Crippen molar-refractivity contribution < 1.29 is 23.1 Å². The van der Waals surface area contributed by atoms with Crippen molar-refractivity contribution in [3.8, 4) is 5.75 Å². The van der Waals surface area contributed by atoms with Gasteiger partial charge in [-0.2, -0.15) is 4.72 Å². The van der Waals surface area contributed by atoms with Gasteiger partial charge in [-0.3, -0.25) is 4.79 Å². The van der Waals surface area contributed by atoms with E-state index in [1.54, 1.807) is 19.9 Å². The number of hydrogen-bond donors (Lipinski definition) is 2. The van der Waals surface area contributed by atoms with E-state index in [2.05, 4.69) is 4.72 Å². The van der Waals surface area contributed by atoms with Crippen LogP contribution in [0.4, 0.5) is 0 Å². The van der Waals surface area contributed by atoms with E-state index in [0.717, 1.165) is 0 Å². The van der Waals surface area contributed by atoms with Gasteiger partial charge in [0, 0.05) is 0 Å². The van der Waals surface area contributed by atoms with Crippen LogP contribution in [0.3, 0.4) is 0 Å². The highest BCUT2D eigenvalue weighted by Gasteiger charge is 2.36. The maximum Gasteiger partial charge on any atom is 0.324 e. The first-order chi connectivity index (χ1) is 9.66. The maximum absolute atomic E-state index is 12.3. The van der Waals surface area contributed by atoms with Crippen LogP contribution >= 0.6 is 0 Å². The Hall–Kier alpha value is -1.60. The van der Waals surface area contributed by atoms with Crippen LogP contribution in [-0.4, -0.2) is 31.6 Å². The second-order valence-electron chi connectivity index (χ2n) is 4.96. The zero-order chi connectivity index (χ0) is 16.3. The number of rotatable bonds is 7. The zero-order valence-corrected chi connectivity index (χ0v) is 13.5. The summed E-state index contributed by atoms with van der Waals surface area (Å²) in [6.07, 6.45) is 0.136. The molecule has 21 heavy (non-hydrogen) atoms. The van der Waals surface area contributed by atoms with Crippen molar-refractivity contribution in [2.75, 3.05) is 6.61 Å². The molecule has 1 unspecified atom stereocenters. The van der Waals surface area contributed by atoms with Gasteiger partial charge < -0.3 is 9.84 Å². The van der Waals surface area contributed by atoms with Crippen LogP contribution in [0.15, 0.2) is 23.1 Å². The summed E-state index contributed by atoms with van der Waals surface area (Å²) in [4.78, 5) is 11.2. The van der Waals surface area contributed by atoms with Crippen LogP contribution in [0.1, 0.15) is 32.8 Å². The molecular weight excluding hydrogens is 294 g/mol. The topological polar surface area (TPSA) is 92.7 Å². The maximum atomic E-state index is 12.3. The molecule has 0 aliphatic heterocycles. The Kier molecular flexibility index (Phi) is 5.36. The third-order valence-electron chi connectivity index (χ3n) is 3.30. The summed E-state index contributed by atoms with van der Waals surface area (Å²) in [6, 6.07) is 4.43. The second-order valence-corrected chi connectivity index (χ2v) is 6.64. The predicted octanol–water partition coefficient (Wildman–Crippen LogP) is 1.93. The molecule has 0 amide bonds. The first-order valence-corrected chi connectivity index (χ1v) is 8.15. The second kappa shape index (κ2) is 6.44. The number of aryl methyl sites for hydroxylation is 1. The number of sulfonamides is 1. The Morgan fingerprint density at radius 3 is 2.43 bits per heavy atom. The molecule has 6 nitrogen and oxygen atoms in total. The molecule has 118 valence electrons. The third kappa shape index (κ3) is 3.95. The quantitative estimate of drug-likeness (QED) is 0.802. The molecule has 1 atom stereocenters. The van der Waals surface area contributed by atoms with Gasteiger partial charge in [-0.15, -0.1) is 0 Å². The van der Waals surface area contributed by atoms with Crippen LogP contribution < -0.4 is 9.46 Å². The van der Waals surface area contributed by atoms with E-state index < -0.39 is 21.5 Å². The molecule has 0 bridgehead atoms. The first-order valence-electron chi connectivity index (χ1n) is 6.67. The van der Waals surface area contributed by atoms with E-state index in [1.165, 1.54) is 19.1 Å². The summed E-state index contributed by atoms with van der Waals surface area (Å²) in [5.41, 5.74) is -0.862. The summed E-state index contributed by atoms with van der Waals surface area (Å²) in [7, 11) is -3.92. The molecule has 0 aliphatic rings. The predicted molar refractivity (Wildman–Crippen MR) is 79.0 cm³/mol. The zero-order valence-electron chi connectivity index (χ0n) is 12.6. The van der Waals surface area contributed by atoms with Crippen molar-refractivity contribution in [3.05, 3.63) is 23.8 Å². The van der Waals surface area contributed by atoms with Gasteiger partial charge in [-0.05, 0) is 51.0 Å². The largest absolute Gasteiger partial charge is 0.494 e. The van der Waals surface area contributed by atoms with Gasteiger partial charge in [0.15, 0.2) is 0 Å². The molecule has 0 saturated carbocycles. The number of carbonyl (C=O) groups is 1. The normalized spacial score (nSPS) is 14.5. The van der Waals surface area contributed by atoms with Gasteiger partial charge in [0.2, 0.25) is 10.0 Å². The summed E-state index contributed by atoms with van der Waals surface area (Å²) >= 11 is 0. The fraction of sp³-hybridized carbons (Fsp3) is 0.500. The minimum Gasteiger partial charge on any atom is -0.494 e. The van der Waals surface area contributed by atoms with Crippen LogP contribution in [0, 0.1) is 6.92 Å². The lowest BCUT2D eigenvalue weighted by Gasteiger charge is -2.24. The number of hydrogen-bond acceptors (Lipinski definition) is 4. The van der Waals surface area contributed by atoms with Crippen molar-refractivity contribution in [1.29, 1.82) is 0 Å². The van der Waals surface area contributed by atoms with Crippen molar-refractivity contribution >= 4 is 16.0 Å². The Balaban J connectivity index is 3.14. The van der Waals surface area contributed by atoms with Gasteiger partial charge in [-0.25, -0.2) is 8.42 Å². The molecule has 0 fully saturated rings. The van der Waals surface area contributed by atoms with Crippen molar-refractivity contribution in [3.63, 3.8) is 0 Å². The fourth-order valence-corrected chi connectivity index (χ4v) is 3.25. The molecule has 0 radical (unpaired) electrons. The van der Waals surface area contributed by atoms with E-state index in [0.29, 0.717) is 17.9 Å². The Morgan fingerprint density at radius 1 is 1.38 bits per heavy atom. The lowest BCUT2D eigenvalue weighted by molar-refractivity contribution is -0.143. The van der Waals surface area contributed by atoms with Gasteiger partial charge >= 0.3 is 5.97 Å². The van der Waals surface area contributed by atoms with Crippen LogP contribution in [0.2, 0.25) is 0 Å². The molecule has 1 aromatic carbocycles. The van der Waals surface area contributed by atoms with Gasteiger partial charge in [-0.1, -0.05) is 6.92 Å². The number of aliphatic carboxylic acids is 1. The van der Waals surface area contributed by atoms with Crippen molar-refractivity contribution in [2.24, 2.45) is 0 Å². The van der Waals surface area contributed by atoms with E-state index in [9.17, 15) is 13.2 Å². The average Bonchev–Trinajstić information content (AvgIpc) is 2.40. The molecular formula is C14H21NO5S. The lowest BCUT2D eigenvalue weighted by Crippen LogP contribution is -2.51. The van der Waals surface area contributed by atoms with Gasteiger partial charge in [0.1, 0.15) is 11.3 Å². The molecule has 0 saturated heterocycles.